The van der Waals surface area contributed by atoms with E-state index in [1.165, 1.54) is 0 Å². The van der Waals surface area contributed by atoms with E-state index in [4.69, 9.17) is 0 Å². The lowest BCUT2D eigenvalue weighted by molar-refractivity contribution is 0.0979. The van der Waals surface area contributed by atoms with Gasteiger partial charge in [-0.1, -0.05) is 97.1 Å². The Labute approximate surface area is 217 Å². The average molecular weight is 507 g/mol. The number of benzene rings is 4. The molecule has 2 aliphatic rings. The smallest absolute Gasteiger partial charge is 0.289 e. The number of nitrogens with two attached hydrogens (primary N) is 2. The van der Waals surface area contributed by atoms with Crippen molar-refractivity contribution in [1.82, 2.24) is 10.9 Å². The minimum absolute atomic E-state index is 0.0641. The summed E-state index contributed by atoms with van der Waals surface area (Å²) >= 11 is 0. The summed E-state index contributed by atoms with van der Waals surface area (Å²) < 4.78 is 0. The van der Waals surface area contributed by atoms with E-state index in [-0.39, 0.29) is 23.1 Å². The summed E-state index contributed by atoms with van der Waals surface area (Å²) in [6.45, 7) is 0. The van der Waals surface area contributed by atoms with Gasteiger partial charge in [0.15, 0.2) is 23.1 Å². The molecule has 188 valence electrons. The molecular weight excluding hydrogens is 484 g/mol. The van der Waals surface area contributed by atoms with Crippen molar-refractivity contribution in [2.75, 3.05) is 0 Å². The standard InChI is InChI=1S/2C14H8O2.CH6N4O/c2*15-13-9-5-1-2-6-10(9)14(16)12-8-4-3-7-11(12)13;2-4-1(6)5-3/h2*1-8H;2-3H2,(H2,4,5,6). The number of ketones is 4. The molecular formula is C29H22N4O5. The summed E-state index contributed by atoms with van der Waals surface area (Å²) in [7, 11) is 0. The zero-order chi connectivity index (χ0) is 27.2. The molecule has 4 aromatic rings. The van der Waals surface area contributed by atoms with Crippen LogP contribution in [0.2, 0.25) is 0 Å². The molecule has 6 rings (SSSR count). The van der Waals surface area contributed by atoms with Crippen LogP contribution in [0.4, 0.5) is 4.79 Å². The topological polar surface area (TPSA) is 161 Å². The van der Waals surface area contributed by atoms with Gasteiger partial charge < -0.3 is 0 Å². The van der Waals surface area contributed by atoms with Crippen molar-refractivity contribution in [3.8, 4) is 0 Å². The summed E-state index contributed by atoms with van der Waals surface area (Å²) in [5.41, 5.74) is 7.53. The van der Waals surface area contributed by atoms with Crippen LogP contribution in [-0.2, 0) is 0 Å². The number of fused-ring (bicyclic) bond motifs is 4. The molecule has 0 unspecified atom stereocenters. The number of urea groups is 1. The first kappa shape index (κ1) is 25.8. The average Bonchev–Trinajstić information content (AvgIpc) is 2.99. The summed E-state index contributed by atoms with van der Waals surface area (Å²) in [4.78, 5) is 58.1. The van der Waals surface area contributed by atoms with E-state index in [2.05, 4.69) is 11.7 Å². The highest BCUT2D eigenvalue weighted by Crippen LogP contribution is 2.27. The Morgan fingerprint density at radius 3 is 0.658 bits per heavy atom. The minimum atomic E-state index is -0.602. The van der Waals surface area contributed by atoms with Gasteiger partial charge in [-0.15, -0.1) is 0 Å². The Morgan fingerprint density at radius 1 is 0.395 bits per heavy atom. The maximum Gasteiger partial charge on any atom is 0.343 e. The Balaban J connectivity index is 0.000000147. The number of amides is 2. The number of hydrogen-bond acceptors (Lipinski definition) is 7. The van der Waals surface area contributed by atoms with Crippen LogP contribution in [0.3, 0.4) is 0 Å². The second kappa shape index (κ2) is 11.2. The van der Waals surface area contributed by atoms with E-state index in [1.54, 1.807) is 108 Å². The molecule has 0 fully saturated rings. The quantitative estimate of drug-likeness (QED) is 0.140. The largest absolute Gasteiger partial charge is 0.343 e. The Morgan fingerprint density at radius 2 is 0.553 bits per heavy atom. The molecule has 0 aromatic heterocycles. The van der Waals surface area contributed by atoms with Crippen LogP contribution in [-0.4, -0.2) is 29.2 Å². The normalized spacial score (nSPS) is 12.3. The molecule has 9 heteroatoms. The van der Waals surface area contributed by atoms with E-state index < -0.39 is 6.03 Å². The number of hydrogen-bond donors (Lipinski definition) is 4. The molecule has 0 saturated heterocycles. The van der Waals surface area contributed by atoms with Crippen LogP contribution >= 0.6 is 0 Å². The molecule has 0 saturated carbocycles. The van der Waals surface area contributed by atoms with Gasteiger partial charge in [-0.3, -0.25) is 30.0 Å². The Hall–Kier alpha value is -5.25. The predicted molar refractivity (Wildman–Crippen MR) is 140 cm³/mol. The lowest BCUT2D eigenvalue weighted by Crippen LogP contribution is -2.43. The monoisotopic (exact) mass is 506 g/mol. The van der Waals surface area contributed by atoms with Crippen LogP contribution in [0.5, 0.6) is 0 Å². The molecule has 0 spiro atoms. The predicted octanol–water partition coefficient (Wildman–Crippen LogP) is 2.96. The Bertz CT molecular complexity index is 1270. The van der Waals surface area contributed by atoms with Gasteiger partial charge in [0, 0.05) is 44.5 Å². The summed E-state index contributed by atoms with van der Waals surface area (Å²) in [5, 5.41) is 0. The van der Waals surface area contributed by atoms with Gasteiger partial charge in [-0.2, -0.15) is 0 Å². The van der Waals surface area contributed by atoms with Crippen molar-refractivity contribution < 1.29 is 24.0 Å². The van der Waals surface area contributed by atoms with Crippen molar-refractivity contribution >= 4 is 29.2 Å². The van der Waals surface area contributed by atoms with Crippen LogP contribution in [0.1, 0.15) is 63.7 Å². The van der Waals surface area contributed by atoms with Crippen LogP contribution < -0.4 is 22.5 Å². The van der Waals surface area contributed by atoms with E-state index in [0.717, 1.165) is 0 Å². The molecule has 0 radical (unpaired) electrons. The van der Waals surface area contributed by atoms with Crippen molar-refractivity contribution in [1.29, 1.82) is 0 Å². The van der Waals surface area contributed by atoms with Crippen molar-refractivity contribution in [3.05, 3.63) is 142 Å². The molecule has 0 bridgehead atoms. The van der Waals surface area contributed by atoms with Crippen molar-refractivity contribution in [2.45, 2.75) is 0 Å². The number of rotatable bonds is 0. The van der Waals surface area contributed by atoms with Gasteiger partial charge in [-0.05, 0) is 0 Å². The second-order valence-corrected chi connectivity index (χ2v) is 8.12. The number of hydrazine groups is 2. The third kappa shape index (κ3) is 4.87. The molecule has 9 nitrogen and oxygen atoms in total. The number of carbonyl (C=O) groups excluding carboxylic acids is 5. The third-order valence-electron chi connectivity index (χ3n) is 5.93. The van der Waals surface area contributed by atoms with E-state index in [9.17, 15) is 24.0 Å². The minimum Gasteiger partial charge on any atom is -0.289 e. The van der Waals surface area contributed by atoms with Gasteiger partial charge in [-0.25, -0.2) is 16.5 Å². The van der Waals surface area contributed by atoms with Gasteiger partial charge in [0.2, 0.25) is 0 Å². The maximum atomic E-state index is 12.1. The van der Waals surface area contributed by atoms with Crippen LogP contribution in [0.25, 0.3) is 0 Å². The number of carbonyl (C=O) groups is 5. The fourth-order valence-corrected chi connectivity index (χ4v) is 4.14. The summed E-state index contributed by atoms with van der Waals surface area (Å²) in [5.74, 6) is 8.82. The zero-order valence-corrected chi connectivity index (χ0v) is 19.9. The SMILES string of the molecule is NNC(=O)NN.O=C1c2ccccc2C(=O)c2ccccc21.O=C1c2ccccc2C(=O)c2ccccc21. The molecule has 0 aliphatic heterocycles. The van der Waals surface area contributed by atoms with Crippen LogP contribution in [0.15, 0.2) is 97.1 Å². The summed E-state index contributed by atoms with van der Waals surface area (Å²) in [6.07, 6.45) is 0. The first-order chi connectivity index (χ1) is 18.4. The lowest BCUT2D eigenvalue weighted by Gasteiger charge is -2.16. The zero-order valence-electron chi connectivity index (χ0n) is 19.9. The first-order valence-electron chi connectivity index (χ1n) is 11.4. The fourth-order valence-electron chi connectivity index (χ4n) is 4.14. The first-order valence-corrected chi connectivity index (χ1v) is 11.4. The van der Waals surface area contributed by atoms with Gasteiger partial charge in [0.05, 0.1) is 0 Å². The molecule has 4 aromatic carbocycles. The van der Waals surface area contributed by atoms with Crippen molar-refractivity contribution in [2.24, 2.45) is 11.7 Å². The molecule has 38 heavy (non-hydrogen) atoms. The van der Waals surface area contributed by atoms with E-state index in [0.29, 0.717) is 44.5 Å². The lowest BCUT2D eigenvalue weighted by atomic mass is 9.84. The van der Waals surface area contributed by atoms with Crippen molar-refractivity contribution in [3.63, 3.8) is 0 Å². The highest BCUT2D eigenvalue weighted by molar-refractivity contribution is 6.29. The maximum absolute atomic E-state index is 12.1. The van der Waals surface area contributed by atoms with E-state index in [1.807, 2.05) is 0 Å². The van der Waals surface area contributed by atoms with Crippen LogP contribution in [0, 0.1) is 0 Å². The Kier molecular flexibility index (Phi) is 7.62. The molecule has 6 N–H and O–H groups in total. The third-order valence-corrected chi connectivity index (χ3v) is 5.93. The van der Waals surface area contributed by atoms with Gasteiger partial charge in [0.25, 0.3) is 0 Å². The van der Waals surface area contributed by atoms with Gasteiger partial charge >= 0.3 is 6.03 Å². The summed E-state index contributed by atoms with van der Waals surface area (Å²) in [6, 6.07) is 27.2. The number of nitrogens with one attached hydrogen (secondary N) is 2. The van der Waals surface area contributed by atoms with E-state index >= 15 is 0 Å². The molecule has 0 heterocycles. The fraction of sp³-hybridized carbons (Fsp3) is 0. The molecule has 2 amide bonds. The van der Waals surface area contributed by atoms with Gasteiger partial charge in [0.1, 0.15) is 0 Å². The second-order valence-electron chi connectivity index (χ2n) is 8.12. The molecule has 0 atom stereocenters. The molecule has 2 aliphatic carbocycles. The highest BCUT2D eigenvalue weighted by atomic mass is 16.2. The highest BCUT2D eigenvalue weighted by Gasteiger charge is 2.29.